The summed E-state index contributed by atoms with van der Waals surface area (Å²) in [6.07, 6.45) is 2.04. The average molecular weight is 440 g/mol. The molecule has 33 heavy (non-hydrogen) atoms. The fourth-order valence-electron chi connectivity index (χ4n) is 3.60. The summed E-state index contributed by atoms with van der Waals surface area (Å²) in [5.74, 6) is 1.13. The molecule has 1 aliphatic rings. The lowest BCUT2D eigenvalue weighted by Gasteiger charge is -2.16. The quantitative estimate of drug-likeness (QED) is 0.556. The molecule has 4 rings (SSSR count). The van der Waals surface area contributed by atoms with Crippen molar-refractivity contribution in [3.05, 3.63) is 101 Å². The molecule has 0 aliphatic carbocycles. The van der Waals surface area contributed by atoms with Crippen LogP contribution in [0.1, 0.15) is 23.6 Å². The molecule has 0 radical (unpaired) electrons. The third-order valence-corrected chi connectivity index (χ3v) is 5.34. The molecule has 0 aromatic heterocycles. The van der Waals surface area contributed by atoms with E-state index in [1.54, 1.807) is 25.0 Å². The standard InChI is InChI=1S/C27H25N3O3/c1-19-29-25(16-20-10-14-24(33-2)15-11-20)27(32)30(19)23-12-8-21(9-13-23)17-26(31)28-18-22-6-4-3-5-7-22/h3-16H,17-18H2,1-2H3,(H,28,31). The molecule has 1 aliphatic heterocycles. The Balaban J connectivity index is 1.39. The Bertz CT molecular complexity index is 1200. The summed E-state index contributed by atoms with van der Waals surface area (Å²) in [6, 6.07) is 24.6. The van der Waals surface area contributed by atoms with E-state index in [1.807, 2.05) is 78.9 Å². The van der Waals surface area contributed by atoms with Gasteiger partial charge >= 0.3 is 0 Å². The van der Waals surface area contributed by atoms with Crippen molar-refractivity contribution in [2.24, 2.45) is 4.99 Å². The topological polar surface area (TPSA) is 71.0 Å². The molecule has 0 bridgehead atoms. The largest absolute Gasteiger partial charge is 0.497 e. The summed E-state index contributed by atoms with van der Waals surface area (Å²) >= 11 is 0. The first-order valence-corrected chi connectivity index (χ1v) is 10.7. The molecular weight excluding hydrogens is 414 g/mol. The van der Waals surface area contributed by atoms with Crippen LogP contribution in [-0.2, 0) is 22.6 Å². The minimum Gasteiger partial charge on any atom is -0.497 e. The summed E-state index contributed by atoms with van der Waals surface area (Å²) in [5.41, 5.74) is 3.89. The molecule has 6 nitrogen and oxygen atoms in total. The lowest BCUT2D eigenvalue weighted by molar-refractivity contribution is -0.120. The van der Waals surface area contributed by atoms with Crippen LogP contribution in [0.4, 0.5) is 5.69 Å². The zero-order chi connectivity index (χ0) is 23.2. The fraction of sp³-hybridized carbons (Fsp3) is 0.148. The summed E-state index contributed by atoms with van der Waals surface area (Å²) < 4.78 is 5.17. The van der Waals surface area contributed by atoms with Crippen LogP contribution in [0.25, 0.3) is 6.08 Å². The third kappa shape index (κ3) is 5.36. The predicted octanol–water partition coefficient (Wildman–Crippen LogP) is 4.36. The summed E-state index contributed by atoms with van der Waals surface area (Å²) in [7, 11) is 1.61. The normalized spacial score (nSPS) is 14.4. The number of carbonyl (C=O) groups excluding carboxylic acids is 2. The van der Waals surface area contributed by atoms with Gasteiger partial charge < -0.3 is 10.1 Å². The zero-order valence-corrected chi connectivity index (χ0v) is 18.6. The second kappa shape index (κ2) is 9.96. The first kappa shape index (κ1) is 22.0. The first-order valence-electron chi connectivity index (χ1n) is 10.7. The Morgan fingerprint density at radius 2 is 1.67 bits per heavy atom. The maximum Gasteiger partial charge on any atom is 0.282 e. The maximum absolute atomic E-state index is 13.0. The van der Waals surface area contributed by atoms with Crippen LogP contribution < -0.4 is 15.0 Å². The first-order chi connectivity index (χ1) is 16.0. The van der Waals surface area contributed by atoms with E-state index in [4.69, 9.17) is 4.74 Å². The van der Waals surface area contributed by atoms with Gasteiger partial charge in [-0.05, 0) is 54.0 Å². The summed E-state index contributed by atoms with van der Waals surface area (Å²) in [5, 5.41) is 2.93. The number of ether oxygens (including phenoxy) is 1. The second-order valence-corrected chi connectivity index (χ2v) is 7.71. The van der Waals surface area contributed by atoms with Crippen molar-refractivity contribution < 1.29 is 14.3 Å². The number of rotatable bonds is 7. The van der Waals surface area contributed by atoms with Crippen molar-refractivity contribution in [3.8, 4) is 5.75 Å². The molecule has 0 fully saturated rings. The minimum atomic E-state index is -0.184. The number of carbonyl (C=O) groups is 2. The Morgan fingerprint density at radius 3 is 2.33 bits per heavy atom. The molecule has 1 heterocycles. The van der Waals surface area contributed by atoms with Crippen molar-refractivity contribution in [2.75, 3.05) is 12.0 Å². The number of hydrogen-bond donors (Lipinski definition) is 1. The number of benzene rings is 3. The van der Waals surface area contributed by atoms with Gasteiger partial charge in [0.05, 0.1) is 19.2 Å². The molecule has 0 unspecified atom stereocenters. The number of nitrogens with one attached hydrogen (secondary N) is 1. The van der Waals surface area contributed by atoms with E-state index in [2.05, 4.69) is 10.3 Å². The lowest BCUT2D eigenvalue weighted by Crippen LogP contribution is -2.30. The highest BCUT2D eigenvalue weighted by molar-refractivity contribution is 6.28. The van der Waals surface area contributed by atoms with E-state index >= 15 is 0 Å². The van der Waals surface area contributed by atoms with Gasteiger partial charge in [-0.25, -0.2) is 4.99 Å². The monoisotopic (exact) mass is 439 g/mol. The van der Waals surface area contributed by atoms with E-state index in [1.165, 1.54) is 0 Å². The predicted molar refractivity (Wildman–Crippen MR) is 130 cm³/mol. The molecular formula is C27H25N3O3. The average Bonchev–Trinajstić information content (AvgIpc) is 3.12. The van der Waals surface area contributed by atoms with Crippen LogP contribution in [0.2, 0.25) is 0 Å². The highest BCUT2D eigenvalue weighted by atomic mass is 16.5. The van der Waals surface area contributed by atoms with Crippen molar-refractivity contribution in [1.82, 2.24) is 5.32 Å². The summed E-state index contributed by atoms with van der Waals surface area (Å²) in [6.45, 7) is 2.30. The van der Waals surface area contributed by atoms with E-state index in [9.17, 15) is 9.59 Å². The van der Waals surface area contributed by atoms with Crippen molar-refractivity contribution in [2.45, 2.75) is 19.9 Å². The highest BCUT2D eigenvalue weighted by Crippen LogP contribution is 2.26. The molecule has 166 valence electrons. The van der Waals surface area contributed by atoms with Crippen LogP contribution in [0, 0.1) is 0 Å². The van der Waals surface area contributed by atoms with Gasteiger partial charge in [0, 0.05) is 6.54 Å². The van der Waals surface area contributed by atoms with Gasteiger partial charge in [-0.2, -0.15) is 0 Å². The number of amidine groups is 1. The van der Waals surface area contributed by atoms with E-state index in [0.717, 1.165) is 22.4 Å². The molecule has 6 heteroatoms. The van der Waals surface area contributed by atoms with Crippen molar-refractivity contribution in [1.29, 1.82) is 0 Å². The van der Waals surface area contributed by atoms with Crippen LogP contribution in [0.15, 0.2) is 89.6 Å². The van der Waals surface area contributed by atoms with Gasteiger partial charge in [-0.1, -0.05) is 54.6 Å². The number of anilines is 1. The Morgan fingerprint density at radius 1 is 0.970 bits per heavy atom. The van der Waals surface area contributed by atoms with E-state index < -0.39 is 0 Å². The van der Waals surface area contributed by atoms with Gasteiger partial charge in [0.15, 0.2) is 0 Å². The Kier molecular flexibility index (Phi) is 6.64. The molecule has 1 N–H and O–H groups in total. The highest BCUT2D eigenvalue weighted by Gasteiger charge is 2.28. The smallest absolute Gasteiger partial charge is 0.282 e. The van der Waals surface area contributed by atoms with Crippen molar-refractivity contribution >= 4 is 29.4 Å². The molecule has 0 spiro atoms. The van der Waals surface area contributed by atoms with Gasteiger partial charge in [0.1, 0.15) is 17.3 Å². The molecule has 2 amide bonds. The fourth-order valence-corrected chi connectivity index (χ4v) is 3.60. The van der Waals surface area contributed by atoms with Crippen LogP contribution in [-0.4, -0.2) is 24.8 Å². The van der Waals surface area contributed by atoms with Crippen LogP contribution >= 0.6 is 0 Å². The number of methoxy groups -OCH3 is 1. The summed E-state index contributed by atoms with van der Waals surface area (Å²) in [4.78, 5) is 31.3. The van der Waals surface area contributed by atoms with Gasteiger partial charge in [-0.15, -0.1) is 0 Å². The number of aliphatic imine (C=N–C) groups is 1. The van der Waals surface area contributed by atoms with Gasteiger partial charge in [-0.3, -0.25) is 14.5 Å². The van der Waals surface area contributed by atoms with Crippen LogP contribution in [0.5, 0.6) is 5.75 Å². The minimum absolute atomic E-state index is 0.0497. The number of nitrogens with zero attached hydrogens (tertiary/aromatic N) is 2. The van der Waals surface area contributed by atoms with Gasteiger partial charge in [0.2, 0.25) is 5.91 Å². The lowest BCUT2D eigenvalue weighted by atomic mass is 10.1. The maximum atomic E-state index is 13.0. The van der Waals surface area contributed by atoms with E-state index in [0.29, 0.717) is 23.8 Å². The SMILES string of the molecule is COc1ccc(C=C2N=C(C)N(c3ccc(CC(=O)NCc4ccccc4)cc3)C2=O)cc1. The van der Waals surface area contributed by atoms with Gasteiger partial charge in [0.25, 0.3) is 5.91 Å². The molecule has 0 atom stereocenters. The zero-order valence-electron chi connectivity index (χ0n) is 18.6. The van der Waals surface area contributed by atoms with Crippen LogP contribution in [0.3, 0.4) is 0 Å². The third-order valence-electron chi connectivity index (χ3n) is 5.34. The molecule has 0 saturated heterocycles. The number of amides is 2. The van der Waals surface area contributed by atoms with E-state index in [-0.39, 0.29) is 18.2 Å². The molecule has 3 aromatic rings. The number of hydrogen-bond acceptors (Lipinski definition) is 4. The Labute approximate surface area is 193 Å². The molecule has 0 saturated carbocycles. The Hall–Kier alpha value is -4.19. The van der Waals surface area contributed by atoms with Crippen molar-refractivity contribution in [3.63, 3.8) is 0 Å². The molecule has 3 aromatic carbocycles. The second-order valence-electron chi connectivity index (χ2n) is 7.71.